The molecule has 0 aliphatic heterocycles. The average Bonchev–Trinajstić information content (AvgIpc) is 2.98. The molecule has 1 aromatic carbocycles. The average molecular weight is 307 g/mol. The summed E-state index contributed by atoms with van der Waals surface area (Å²) in [6, 6.07) is 14.2. The van der Waals surface area contributed by atoms with Gasteiger partial charge in [-0.25, -0.2) is 4.98 Å². The van der Waals surface area contributed by atoms with Crippen molar-refractivity contribution in [2.45, 2.75) is 31.4 Å². The van der Waals surface area contributed by atoms with Crippen molar-refractivity contribution < 1.29 is 5.11 Å². The molecule has 1 aliphatic rings. The second-order valence-electron chi connectivity index (χ2n) is 6.34. The molecule has 4 nitrogen and oxygen atoms in total. The molecule has 1 unspecified atom stereocenters. The lowest BCUT2D eigenvalue weighted by molar-refractivity contribution is 0.0189. The molecule has 0 bridgehead atoms. The molecular weight excluding hydrogens is 286 g/mol. The van der Waals surface area contributed by atoms with Crippen molar-refractivity contribution >= 4 is 5.65 Å². The van der Waals surface area contributed by atoms with Gasteiger partial charge in [0.25, 0.3) is 0 Å². The van der Waals surface area contributed by atoms with Gasteiger partial charge in [-0.2, -0.15) is 0 Å². The van der Waals surface area contributed by atoms with Crippen molar-refractivity contribution in [2.75, 3.05) is 6.54 Å². The number of pyridine rings is 1. The van der Waals surface area contributed by atoms with Gasteiger partial charge in [0.15, 0.2) is 0 Å². The van der Waals surface area contributed by atoms with Crippen LogP contribution in [0, 0.1) is 0 Å². The molecule has 4 heteroatoms. The van der Waals surface area contributed by atoms with E-state index in [4.69, 9.17) is 0 Å². The van der Waals surface area contributed by atoms with E-state index >= 15 is 0 Å². The third-order valence-electron chi connectivity index (χ3n) is 4.69. The molecule has 0 saturated heterocycles. The largest absolute Gasteiger partial charge is 0.384 e. The number of imidazole rings is 1. The Labute approximate surface area is 135 Å². The predicted octanol–water partition coefficient (Wildman–Crippen LogP) is 2.65. The maximum absolute atomic E-state index is 11.1. The fourth-order valence-corrected chi connectivity index (χ4v) is 3.55. The highest BCUT2D eigenvalue weighted by Gasteiger charge is 2.33. The number of aryl methyl sites for hydroxylation is 1. The van der Waals surface area contributed by atoms with Crippen molar-refractivity contribution in [1.82, 2.24) is 14.7 Å². The molecule has 1 atom stereocenters. The lowest BCUT2D eigenvalue weighted by atomic mass is 9.79. The Balaban J connectivity index is 1.47. The molecule has 118 valence electrons. The van der Waals surface area contributed by atoms with Gasteiger partial charge < -0.3 is 14.8 Å². The van der Waals surface area contributed by atoms with Gasteiger partial charge in [0, 0.05) is 25.5 Å². The van der Waals surface area contributed by atoms with E-state index in [0.29, 0.717) is 13.1 Å². The standard InChI is InChI=1S/C19H21N3O/c23-19(10-5-7-15-6-1-2-8-17(15)19)14-20-12-16-13-22-11-4-3-9-18(22)21-16/h1-4,6,8-9,11,13,20,23H,5,7,10,12,14H2. The van der Waals surface area contributed by atoms with Gasteiger partial charge in [0.2, 0.25) is 0 Å². The van der Waals surface area contributed by atoms with Crippen LogP contribution in [0.15, 0.2) is 54.9 Å². The SMILES string of the molecule is OC1(CNCc2cn3ccccc3n2)CCCc2ccccc21. The van der Waals surface area contributed by atoms with Gasteiger partial charge in [-0.3, -0.25) is 0 Å². The molecule has 1 aliphatic carbocycles. The lowest BCUT2D eigenvalue weighted by Gasteiger charge is -2.34. The van der Waals surface area contributed by atoms with Gasteiger partial charge in [-0.15, -0.1) is 0 Å². The number of nitrogens with one attached hydrogen (secondary N) is 1. The van der Waals surface area contributed by atoms with Crippen LogP contribution in [0.3, 0.4) is 0 Å². The zero-order valence-corrected chi connectivity index (χ0v) is 13.1. The fraction of sp³-hybridized carbons (Fsp3) is 0.316. The first kappa shape index (κ1) is 14.4. The minimum Gasteiger partial charge on any atom is -0.384 e. The highest BCUT2D eigenvalue weighted by Crippen LogP contribution is 2.34. The van der Waals surface area contributed by atoms with Crippen LogP contribution < -0.4 is 5.32 Å². The Morgan fingerprint density at radius 1 is 1.17 bits per heavy atom. The van der Waals surface area contributed by atoms with Crippen LogP contribution in [-0.4, -0.2) is 21.0 Å². The first-order chi connectivity index (χ1) is 11.2. The number of hydrogen-bond donors (Lipinski definition) is 2. The van der Waals surface area contributed by atoms with E-state index in [9.17, 15) is 5.11 Å². The van der Waals surface area contributed by atoms with Crippen molar-refractivity contribution in [3.8, 4) is 0 Å². The quantitative estimate of drug-likeness (QED) is 0.779. The first-order valence-electron chi connectivity index (χ1n) is 8.19. The van der Waals surface area contributed by atoms with Crippen LogP contribution in [0.5, 0.6) is 0 Å². The van der Waals surface area contributed by atoms with E-state index < -0.39 is 5.60 Å². The third-order valence-corrected chi connectivity index (χ3v) is 4.69. The van der Waals surface area contributed by atoms with Gasteiger partial charge >= 0.3 is 0 Å². The molecule has 0 spiro atoms. The Kier molecular flexibility index (Phi) is 3.63. The molecule has 2 heterocycles. The molecule has 4 rings (SSSR count). The van der Waals surface area contributed by atoms with Crippen LogP contribution in [0.1, 0.15) is 29.7 Å². The zero-order valence-electron chi connectivity index (χ0n) is 13.1. The smallest absolute Gasteiger partial charge is 0.137 e. The number of rotatable bonds is 4. The number of hydrogen-bond acceptors (Lipinski definition) is 3. The number of nitrogens with zero attached hydrogens (tertiary/aromatic N) is 2. The van der Waals surface area contributed by atoms with Crippen LogP contribution in [0.4, 0.5) is 0 Å². The lowest BCUT2D eigenvalue weighted by Crippen LogP contribution is -2.40. The molecule has 0 radical (unpaired) electrons. The predicted molar refractivity (Wildman–Crippen MR) is 90.2 cm³/mol. The Morgan fingerprint density at radius 2 is 2.04 bits per heavy atom. The number of fused-ring (bicyclic) bond motifs is 2. The summed E-state index contributed by atoms with van der Waals surface area (Å²) < 4.78 is 2.02. The number of aromatic nitrogens is 2. The summed E-state index contributed by atoms with van der Waals surface area (Å²) >= 11 is 0. The summed E-state index contributed by atoms with van der Waals surface area (Å²) in [6.07, 6.45) is 6.93. The van der Waals surface area contributed by atoms with Crippen molar-refractivity contribution in [1.29, 1.82) is 0 Å². The molecule has 3 aromatic rings. The maximum Gasteiger partial charge on any atom is 0.137 e. The van der Waals surface area contributed by atoms with E-state index in [1.54, 1.807) is 0 Å². The highest BCUT2D eigenvalue weighted by atomic mass is 16.3. The second-order valence-corrected chi connectivity index (χ2v) is 6.34. The summed E-state index contributed by atoms with van der Waals surface area (Å²) in [5, 5.41) is 14.4. The van der Waals surface area contributed by atoms with Crippen molar-refractivity contribution in [3.63, 3.8) is 0 Å². The van der Waals surface area contributed by atoms with Gasteiger partial charge in [-0.05, 0) is 42.5 Å². The Morgan fingerprint density at radius 3 is 2.96 bits per heavy atom. The Hall–Kier alpha value is -2.17. The number of aliphatic hydroxyl groups is 1. The molecule has 0 fully saturated rings. The van der Waals surface area contributed by atoms with E-state index in [1.807, 2.05) is 41.1 Å². The van der Waals surface area contributed by atoms with Crippen LogP contribution in [0.2, 0.25) is 0 Å². The maximum atomic E-state index is 11.1. The first-order valence-corrected chi connectivity index (χ1v) is 8.19. The molecule has 23 heavy (non-hydrogen) atoms. The zero-order chi connectivity index (χ0) is 15.7. The number of benzene rings is 1. The normalized spacial score (nSPS) is 20.6. The van der Waals surface area contributed by atoms with Crippen molar-refractivity contribution in [3.05, 3.63) is 71.7 Å². The van der Waals surface area contributed by atoms with Crippen LogP contribution in [0.25, 0.3) is 5.65 Å². The van der Waals surface area contributed by atoms with Gasteiger partial charge in [0.05, 0.1) is 5.69 Å². The van der Waals surface area contributed by atoms with E-state index in [-0.39, 0.29) is 0 Å². The summed E-state index contributed by atoms with van der Waals surface area (Å²) in [7, 11) is 0. The molecule has 2 aromatic heterocycles. The van der Waals surface area contributed by atoms with Crippen LogP contribution in [-0.2, 0) is 18.6 Å². The molecule has 0 saturated carbocycles. The van der Waals surface area contributed by atoms with E-state index in [2.05, 4.69) is 28.5 Å². The molecule has 0 amide bonds. The monoisotopic (exact) mass is 307 g/mol. The molecular formula is C19H21N3O. The van der Waals surface area contributed by atoms with Crippen LogP contribution >= 0.6 is 0 Å². The van der Waals surface area contributed by atoms with E-state index in [1.165, 1.54) is 5.56 Å². The summed E-state index contributed by atoms with van der Waals surface area (Å²) in [6.45, 7) is 1.21. The second kappa shape index (κ2) is 5.80. The summed E-state index contributed by atoms with van der Waals surface area (Å²) in [5.41, 5.74) is 3.52. The fourth-order valence-electron chi connectivity index (χ4n) is 3.55. The third kappa shape index (κ3) is 2.76. The van der Waals surface area contributed by atoms with Crippen molar-refractivity contribution in [2.24, 2.45) is 0 Å². The summed E-state index contributed by atoms with van der Waals surface area (Å²) in [4.78, 5) is 4.58. The highest BCUT2D eigenvalue weighted by molar-refractivity contribution is 5.39. The Bertz CT molecular complexity index is 793. The van der Waals surface area contributed by atoms with Gasteiger partial charge in [0.1, 0.15) is 11.2 Å². The minimum atomic E-state index is -0.770. The molecule has 2 N–H and O–H groups in total. The summed E-state index contributed by atoms with van der Waals surface area (Å²) in [5.74, 6) is 0. The van der Waals surface area contributed by atoms with E-state index in [0.717, 1.165) is 36.2 Å². The minimum absolute atomic E-state index is 0.553. The van der Waals surface area contributed by atoms with Gasteiger partial charge in [-0.1, -0.05) is 30.3 Å². The topological polar surface area (TPSA) is 49.6 Å².